The van der Waals surface area contributed by atoms with Crippen LogP contribution in [0.2, 0.25) is 0 Å². The second-order valence-electron chi connectivity index (χ2n) is 5.15. The molecule has 2 heterocycles. The van der Waals surface area contributed by atoms with E-state index in [2.05, 4.69) is 15.9 Å². The third-order valence-electron chi connectivity index (χ3n) is 3.74. The molecule has 0 saturated carbocycles. The van der Waals surface area contributed by atoms with Gasteiger partial charge in [-0.05, 0) is 19.1 Å². The molecule has 2 aromatic rings. The van der Waals surface area contributed by atoms with Crippen LogP contribution in [-0.2, 0) is 4.74 Å². The number of halogens is 1. The highest BCUT2D eigenvalue weighted by Gasteiger charge is 2.17. The molecule has 0 unspecified atom stereocenters. The molecule has 1 aromatic carbocycles. The molecule has 5 nitrogen and oxygen atoms in total. The number of hydrogen-bond acceptors (Lipinski definition) is 5. The number of aryl methyl sites for hydroxylation is 1. The maximum Gasteiger partial charge on any atom is 0.200 e. The number of fused-ring (bicyclic) bond motifs is 1. The van der Waals surface area contributed by atoms with E-state index in [1.165, 1.54) is 0 Å². The predicted octanol–water partition coefficient (Wildman–Crippen LogP) is 2.71. The number of hydrogen-bond donors (Lipinski definition) is 0. The zero-order chi connectivity index (χ0) is 15.5. The fraction of sp³-hybridized carbons (Fsp3) is 0.438. The molecule has 0 spiro atoms. The van der Waals surface area contributed by atoms with E-state index in [0.717, 1.165) is 29.7 Å². The lowest BCUT2D eigenvalue weighted by atomic mass is 10.1. The summed E-state index contributed by atoms with van der Waals surface area (Å²) in [6.07, 6.45) is 0. The minimum absolute atomic E-state index is 0.0297. The molecule has 0 aliphatic carbocycles. The van der Waals surface area contributed by atoms with Gasteiger partial charge in [-0.1, -0.05) is 15.9 Å². The highest BCUT2D eigenvalue weighted by Crippen LogP contribution is 2.28. The minimum atomic E-state index is -0.0297. The number of anilines is 1. The van der Waals surface area contributed by atoms with E-state index in [-0.39, 0.29) is 5.43 Å². The van der Waals surface area contributed by atoms with Crippen molar-refractivity contribution in [1.29, 1.82) is 0 Å². The first kappa shape index (κ1) is 15.4. The standard InChI is InChI=1S/C16H18BrNO4/c1-11-14(21-7-4-17)3-2-12-13(19)10-15(22-16(11)12)18-5-8-20-9-6-18/h2-3,10H,4-9H2,1H3. The summed E-state index contributed by atoms with van der Waals surface area (Å²) in [4.78, 5) is 14.4. The van der Waals surface area contributed by atoms with Crippen molar-refractivity contribution in [1.82, 2.24) is 0 Å². The van der Waals surface area contributed by atoms with Crippen molar-refractivity contribution in [2.75, 3.05) is 43.1 Å². The van der Waals surface area contributed by atoms with Crippen molar-refractivity contribution in [3.63, 3.8) is 0 Å². The Morgan fingerprint density at radius 2 is 2.09 bits per heavy atom. The SMILES string of the molecule is Cc1c(OCCBr)ccc2c(=O)cc(N3CCOCC3)oc12. The van der Waals surface area contributed by atoms with Crippen molar-refractivity contribution >= 4 is 32.8 Å². The van der Waals surface area contributed by atoms with E-state index >= 15 is 0 Å². The monoisotopic (exact) mass is 367 g/mol. The number of alkyl halides is 1. The van der Waals surface area contributed by atoms with Gasteiger partial charge >= 0.3 is 0 Å². The molecule has 3 rings (SSSR count). The molecule has 118 valence electrons. The molecule has 0 bridgehead atoms. The maximum absolute atomic E-state index is 12.4. The highest BCUT2D eigenvalue weighted by atomic mass is 79.9. The molecule has 0 amide bonds. The highest BCUT2D eigenvalue weighted by molar-refractivity contribution is 9.09. The third kappa shape index (κ3) is 2.98. The van der Waals surface area contributed by atoms with E-state index in [4.69, 9.17) is 13.9 Å². The third-order valence-corrected chi connectivity index (χ3v) is 4.06. The number of benzene rings is 1. The average Bonchev–Trinajstić information content (AvgIpc) is 2.55. The summed E-state index contributed by atoms with van der Waals surface area (Å²) >= 11 is 3.34. The van der Waals surface area contributed by atoms with Crippen molar-refractivity contribution in [3.05, 3.63) is 34.0 Å². The van der Waals surface area contributed by atoms with E-state index in [1.807, 2.05) is 17.9 Å². The number of ether oxygens (including phenoxy) is 2. The van der Waals surface area contributed by atoms with Gasteiger partial charge in [-0.3, -0.25) is 4.79 Å². The summed E-state index contributed by atoms with van der Waals surface area (Å²) in [5, 5.41) is 1.34. The topological polar surface area (TPSA) is 51.9 Å². The quantitative estimate of drug-likeness (QED) is 0.777. The first-order chi connectivity index (χ1) is 10.7. The van der Waals surface area contributed by atoms with Crippen LogP contribution in [0.4, 0.5) is 5.88 Å². The van der Waals surface area contributed by atoms with Crippen LogP contribution in [-0.4, -0.2) is 38.2 Å². The lowest BCUT2D eigenvalue weighted by Crippen LogP contribution is -2.36. The summed E-state index contributed by atoms with van der Waals surface area (Å²) in [6.45, 7) is 5.24. The Labute approximate surface area is 136 Å². The first-order valence-corrected chi connectivity index (χ1v) is 8.42. The summed E-state index contributed by atoms with van der Waals surface area (Å²) < 4.78 is 17.0. The van der Waals surface area contributed by atoms with Gasteiger partial charge in [0.1, 0.15) is 11.3 Å². The van der Waals surface area contributed by atoms with Crippen LogP contribution < -0.4 is 15.1 Å². The fourth-order valence-corrected chi connectivity index (χ4v) is 2.73. The van der Waals surface area contributed by atoms with Crippen LogP contribution in [0, 0.1) is 6.92 Å². The maximum atomic E-state index is 12.4. The van der Waals surface area contributed by atoms with Crippen LogP contribution >= 0.6 is 15.9 Å². The van der Waals surface area contributed by atoms with Crippen molar-refractivity contribution in [2.24, 2.45) is 0 Å². The summed E-state index contributed by atoms with van der Waals surface area (Å²) in [7, 11) is 0. The zero-order valence-corrected chi connectivity index (χ0v) is 14.0. The molecular weight excluding hydrogens is 350 g/mol. The Kier molecular flexibility index (Phi) is 4.69. The fourth-order valence-electron chi connectivity index (χ4n) is 2.57. The summed E-state index contributed by atoms with van der Waals surface area (Å²) in [6, 6.07) is 5.15. The molecule has 1 saturated heterocycles. The molecule has 0 radical (unpaired) electrons. The van der Waals surface area contributed by atoms with Gasteiger partial charge in [0.15, 0.2) is 11.3 Å². The van der Waals surface area contributed by atoms with E-state index in [9.17, 15) is 4.79 Å². The van der Waals surface area contributed by atoms with E-state index in [0.29, 0.717) is 36.7 Å². The Morgan fingerprint density at radius 1 is 1.32 bits per heavy atom. The van der Waals surface area contributed by atoms with Gasteiger partial charge in [-0.15, -0.1) is 0 Å². The lowest BCUT2D eigenvalue weighted by Gasteiger charge is -2.27. The molecular formula is C16H18BrNO4. The van der Waals surface area contributed by atoms with E-state index < -0.39 is 0 Å². The van der Waals surface area contributed by atoms with Crippen molar-refractivity contribution < 1.29 is 13.9 Å². The number of nitrogens with zero attached hydrogens (tertiary/aromatic N) is 1. The van der Waals surface area contributed by atoms with Gasteiger partial charge in [0.25, 0.3) is 0 Å². The Morgan fingerprint density at radius 3 is 2.82 bits per heavy atom. The van der Waals surface area contributed by atoms with Crippen LogP contribution in [0.5, 0.6) is 5.75 Å². The second kappa shape index (κ2) is 6.71. The van der Waals surface area contributed by atoms with Crippen LogP contribution in [0.3, 0.4) is 0 Å². The number of rotatable bonds is 4. The Hall–Kier alpha value is -1.53. The van der Waals surface area contributed by atoms with Crippen molar-refractivity contribution in [3.8, 4) is 5.75 Å². The van der Waals surface area contributed by atoms with Crippen LogP contribution in [0.1, 0.15) is 5.56 Å². The van der Waals surface area contributed by atoms with Gasteiger partial charge in [0.05, 0.1) is 25.2 Å². The molecule has 0 N–H and O–H groups in total. The molecule has 1 fully saturated rings. The van der Waals surface area contributed by atoms with Gasteiger partial charge < -0.3 is 18.8 Å². The molecule has 6 heteroatoms. The van der Waals surface area contributed by atoms with Gasteiger partial charge in [-0.2, -0.15) is 0 Å². The number of morpholine rings is 1. The summed E-state index contributed by atoms with van der Waals surface area (Å²) in [5.74, 6) is 1.34. The molecule has 1 aromatic heterocycles. The van der Waals surface area contributed by atoms with E-state index in [1.54, 1.807) is 12.1 Å². The average molecular weight is 368 g/mol. The second-order valence-corrected chi connectivity index (χ2v) is 5.94. The minimum Gasteiger partial charge on any atom is -0.492 e. The Bertz CT molecular complexity index is 722. The first-order valence-electron chi connectivity index (χ1n) is 7.29. The van der Waals surface area contributed by atoms with Gasteiger partial charge in [0.2, 0.25) is 0 Å². The summed E-state index contributed by atoms with van der Waals surface area (Å²) in [5.41, 5.74) is 1.42. The van der Waals surface area contributed by atoms with Gasteiger partial charge in [-0.25, -0.2) is 0 Å². The molecule has 22 heavy (non-hydrogen) atoms. The van der Waals surface area contributed by atoms with Crippen LogP contribution in [0.15, 0.2) is 27.4 Å². The van der Waals surface area contributed by atoms with Crippen molar-refractivity contribution in [2.45, 2.75) is 6.92 Å². The zero-order valence-electron chi connectivity index (χ0n) is 12.4. The molecule has 1 aliphatic heterocycles. The van der Waals surface area contributed by atoms with Gasteiger partial charge in [0, 0.05) is 30.0 Å². The predicted molar refractivity (Wildman–Crippen MR) is 89.5 cm³/mol. The molecule has 0 atom stereocenters. The lowest BCUT2D eigenvalue weighted by molar-refractivity contribution is 0.121. The smallest absolute Gasteiger partial charge is 0.200 e. The largest absolute Gasteiger partial charge is 0.492 e. The molecule has 1 aliphatic rings. The Balaban J connectivity index is 2.05. The normalized spacial score (nSPS) is 15.3. The van der Waals surface area contributed by atoms with Crippen LogP contribution in [0.25, 0.3) is 11.0 Å².